The van der Waals surface area contributed by atoms with Crippen LogP contribution in [0, 0.1) is 41.5 Å². The first-order valence-electron chi connectivity index (χ1n) is 22.1. The van der Waals surface area contributed by atoms with Gasteiger partial charge in [-0.3, -0.25) is 0 Å². The summed E-state index contributed by atoms with van der Waals surface area (Å²) in [4.78, 5) is 18.1. The Morgan fingerprint density at radius 1 is 0.394 bits per heavy atom. The van der Waals surface area contributed by atoms with E-state index in [0.717, 1.165) is 102 Å². The average Bonchev–Trinajstić information content (AvgIpc) is 4.17. The lowest BCUT2D eigenvalue weighted by atomic mass is 9.91. The molecule has 0 fully saturated rings. The number of aliphatic imine (C=N–C) groups is 2. The maximum Gasteiger partial charge on any atom is 0.129 e. The fourth-order valence-corrected chi connectivity index (χ4v) is 9.68. The molecule has 4 heterocycles. The van der Waals surface area contributed by atoms with Crippen molar-refractivity contribution in [1.82, 2.24) is 9.97 Å². The van der Waals surface area contributed by atoms with Crippen molar-refractivity contribution < 1.29 is 18.9 Å². The molecular formula is C58H54N4O4. The van der Waals surface area contributed by atoms with Gasteiger partial charge in [0.15, 0.2) is 0 Å². The maximum absolute atomic E-state index is 6.17. The topological polar surface area (TPSA) is 93.2 Å². The Balaban J connectivity index is 1.14. The third-order valence-corrected chi connectivity index (χ3v) is 12.4. The molecule has 0 unspecified atom stereocenters. The van der Waals surface area contributed by atoms with Crippen molar-refractivity contribution in [3.63, 3.8) is 0 Å². The molecule has 66 heavy (non-hydrogen) atoms. The molecule has 7 aromatic rings. The van der Waals surface area contributed by atoms with Crippen LogP contribution in [0.15, 0.2) is 155 Å². The molecule has 8 heteroatoms. The number of aromatic amines is 2. The molecule has 0 spiro atoms. The van der Waals surface area contributed by atoms with Gasteiger partial charge in [-0.1, -0.05) is 59.7 Å². The van der Waals surface area contributed by atoms with Gasteiger partial charge in [-0.25, -0.2) is 9.98 Å². The summed E-state index contributed by atoms with van der Waals surface area (Å²) < 4.78 is 23.8. The fraction of sp³-hybridized carbons (Fsp3) is 0.172. The molecular weight excluding hydrogens is 817 g/mol. The number of H-pyrrole nitrogens is 2. The average molecular weight is 871 g/mol. The largest absolute Gasteiger partial charge is 0.496 e. The van der Waals surface area contributed by atoms with Crippen LogP contribution in [0.25, 0.3) is 33.7 Å². The lowest BCUT2D eigenvalue weighted by molar-refractivity contribution is 0.403. The Hall–Kier alpha value is -7.84. The molecule has 0 atom stereocenters. The number of nitrogens with zero attached hydrogens (tertiary/aromatic N) is 2. The highest BCUT2D eigenvalue weighted by Gasteiger charge is 2.25. The number of methoxy groups -OCH3 is 4. The SMILES string of the molecule is COc1ccccc1C1=N/C(=C(\c2ccc(-c3cc(OC)c(C4=N/C(=C(\c5ccc(-c6ccccc6OC)[nH]5)c5c(C)cc(C)cc5C)C=C4)cc3OC)[nH]2)c2c(C)cc(C)cc2C)C=C1. The first kappa shape index (κ1) is 43.4. The number of allylic oxidation sites excluding steroid dienone is 4. The monoisotopic (exact) mass is 870 g/mol. The van der Waals surface area contributed by atoms with Gasteiger partial charge in [0.05, 0.1) is 51.3 Å². The Bertz CT molecular complexity index is 3210. The number of hydrogen-bond acceptors (Lipinski definition) is 6. The van der Waals surface area contributed by atoms with Crippen LogP contribution < -0.4 is 18.9 Å². The van der Waals surface area contributed by atoms with E-state index in [4.69, 9.17) is 28.9 Å². The van der Waals surface area contributed by atoms with Gasteiger partial charge in [0.2, 0.25) is 0 Å². The van der Waals surface area contributed by atoms with Gasteiger partial charge in [-0.15, -0.1) is 0 Å². The van der Waals surface area contributed by atoms with Gasteiger partial charge in [0.1, 0.15) is 23.0 Å². The number of ether oxygens (including phenoxy) is 4. The summed E-state index contributed by atoms with van der Waals surface area (Å²) in [5, 5.41) is 0. The molecule has 330 valence electrons. The van der Waals surface area contributed by atoms with Crippen molar-refractivity contribution in [2.75, 3.05) is 28.4 Å². The maximum atomic E-state index is 6.17. The predicted octanol–water partition coefficient (Wildman–Crippen LogP) is 13.2. The highest BCUT2D eigenvalue weighted by Crippen LogP contribution is 2.42. The van der Waals surface area contributed by atoms with Crippen LogP contribution in [0.2, 0.25) is 0 Å². The second kappa shape index (κ2) is 18.0. The molecule has 0 radical (unpaired) electrons. The van der Waals surface area contributed by atoms with Gasteiger partial charge in [-0.2, -0.15) is 0 Å². The van der Waals surface area contributed by atoms with E-state index in [0.29, 0.717) is 11.5 Å². The normalized spacial score (nSPS) is 14.6. The molecule has 2 N–H and O–H groups in total. The molecule has 0 amide bonds. The van der Waals surface area contributed by atoms with Crippen LogP contribution in [0.4, 0.5) is 0 Å². The summed E-state index contributed by atoms with van der Waals surface area (Å²) in [6.07, 6.45) is 8.30. The van der Waals surface area contributed by atoms with Crippen molar-refractivity contribution in [1.29, 1.82) is 0 Å². The van der Waals surface area contributed by atoms with Crippen LogP contribution in [-0.2, 0) is 0 Å². The summed E-state index contributed by atoms with van der Waals surface area (Å²) in [6.45, 7) is 12.9. The van der Waals surface area contributed by atoms with E-state index >= 15 is 0 Å². The number of para-hydroxylation sites is 2. The molecule has 5 aromatic carbocycles. The zero-order valence-electron chi connectivity index (χ0n) is 39.2. The molecule has 2 aromatic heterocycles. The Labute approximate surface area is 387 Å². The summed E-state index contributed by atoms with van der Waals surface area (Å²) in [7, 11) is 6.79. The van der Waals surface area contributed by atoms with E-state index < -0.39 is 0 Å². The van der Waals surface area contributed by atoms with Crippen LogP contribution in [-0.4, -0.2) is 49.8 Å². The molecule has 0 bridgehead atoms. The lowest BCUT2D eigenvalue weighted by Gasteiger charge is -2.17. The zero-order valence-corrected chi connectivity index (χ0v) is 39.2. The van der Waals surface area contributed by atoms with Crippen molar-refractivity contribution >= 4 is 22.6 Å². The number of hydrogen-bond donors (Lipinski definition) is 2. The Kier molecular flexibility index (Phi) is 11.8. The molecule has 8 nitrogen and oxygen atoms in total. The van der Waals surface area contributed by atoms with Crippen molar-refractivity contribution in [3.8, 4) is 45.5 Å². The third kappa shape index (κ3) is 8.00. The van der Waals surface area contributed by atoms with Gasteiger partial charge < -0.3 is 28.9 Å². The minimum absolute atomic E-state index is 0.669. The highest BCUT2D eigenvalue weighted by molar-refractivity contribution is 6.15. The highest BCUT2D eigenvalue weighted by atomic mass is 16.5. The summed E-state index contributed by atoms with van der Waals surface area (Å²) in [5.74, 6) is 2.93. The second-order valence-corrected chi connectivity index (χ2v) is 17.0. The molecule has 2 aliphatic rings. The first-order chi connectivity index (χ1) is 32.0. The minimum Gasteiger partial charge on any atom is -0.496 e. The van der Waals surface area contributed by atoms with Gasteiger partial charge in [0, 0.05) is 56.2 Å². The Morgan fingerprint density at radius 3 is 1.27 bits per heavy atom. The van der Waals surface area contributed by atoms with Crippen molar-refractivity contribution in [2.45, 2.75) is 41.5 Å². The zero-order chi connectivity index (χ0) is 46.2. The third-order valence-electron chi connectivity index (χ3n) is 12.4. The number of aromatic nitrogens is 2. The lowest BCUT2D eigenvalue weighted by Crippen LogP contribution is -2.02. The smallest absolute Gasteiger partial charge is 0.129 e. The summed E-state index contributed by atoms with van der Waals surface area (Å²) in [6, 6.07) is 37.5. The number of rotatable bonds is 12. The molecule has 0 saturated carbocycles. The number of nitrogens with one attached hydrogen (secondary N) is 2. The molecule has 2 aliphatic heterocycles. The second-order valence-electron chi connectivity index (χ2n) is 17.0. The van der Waals surface area contributed by atoms with Crippen molar-refractivity contribution in [3.05, 3.63) is 212 Å². The number of benzene rings is 5. The van der Waals surface area contributed by atoms with E-state index in [1.54, 1.807) is 28.4 Å². The van der Waals surface area contributed by atoms with Gasteiger partial charge >= 0.3 is 0 Å². The molecule has 0 saturated heterocycles. The number of aryl methyl sites for hydroxylation is 6. The fourth-order valence-electron chi connectivity index (χ4n) is 9.68. The molecule has 0 aliphatic carbocycles. The minimum atomic E-state index is 0.669. The van der Waals surface area contributed by atoms with Crippen LogP contribution in [0.3, 0.4) is 0 Å². The van der Waals surface area contributed by atoms with Crippen LogP contribution >= 0.6 is 0 Å². The summed E-state index contributed by atoms with van der Waals surface area (Å²) >= 11 is 0. The van der Waals surface area contributed by atoms with E-state index in [2.05, 4.69) is 130 Å². The van der Waals surface area contributed by atoms with E-state index in [1.165, 1.54) is 33.4 Å². The first-order valence-corrected chi connectivity index (χ1v) is 22.1. The predicted molar refractivity (Wildman–Crippen MR) is 270 cm³/mol. The van der Waals surface area contributed by atoms with E-state index in [1.807, 2.05) is 54.6 Å². The summed E-state index contributed by atoms with van der Waals surface area (Å²) in [5.41, 5.74) is 22.1. The van der Waals surface area contributed by atoms with Gasteiger partial charge in [0.25, 0.3) is 0 Å². The quantitative estimate of drug-likeness (QED) is 0.128. The van der Waals surface area contributed by atoms with E-state index in [-0.39, 0.29) is 0 Å². The molecule has 9 rings (SSSR count). The Morgan fingerprint density at radius 2 is 0.788 bits per heavy atom. The van der Waals surface area contributed by atoms with E-state index in [9.17, 15) is 0 Å². The van der Waals surface area contributed by atoms with Crippen LogP contribution in [0.5, 0.6) is 23.0 Å². The van der Waals surface area contributed by atoms with Gasteiger partial charge in [-0.05, 0) is 160 Å². The van der Waals surface area contributed by atoms with Crippen molar-refractivity contribution in [2.24, 2.45) is 9.98 Å². The van der Waals surface area contributed by atoms with Crippen LogP contribution in [0.1, 0.15) is 67.0 Å². The standard InChI is InChI=1S/C58H54N4O4/c1-33-27-35(3)55(36(4)28-33)57(47-23-19-43(59-47)39-15-11-13-17-51(39)63-7)49-25-21-45(61-49)41-31-54(66-10)42(32-53(41)65-9)46-22-26-50(62-46)58(56-37(5)29-34(2)30-38(56)6)48-24-20-44(60-48)40-16-12-14-18-52(40)64-8/h11-32,59,62H,1-10H3/b57-49+,58-48+.